The van der Waals surface area contributed by atoms with Crippen LogP contribution in [0, 0.1) is 5.82 Å². The lowest BCUT2D eigenvalue weighted by Crippen LogP contribution is -2.08. The lowest BCUT2D eigenvalue weighted by Gasteiger charge is -2.04. The molecule has 0 radical (unpaired) electrons. The molecule has 0 aromatic heterocycles. The minimum absolute atomic E-state index is 0.291. The van der Waals surface area contributed by atoms with Gasteiger partial charge in [0.2, 0.25) is 0 Å². The number of hydrogen-bond acceptors (Lipinski definition) is 2. The third-order valence-electron chi connectivity index (χ3n) is 1.89. The Hall–Kier alpha value is -1.64. The quantitative estimate of drug-likeness (QED) is 0.561. The fraction of sp³-hybridized carbons (Fsp3) is 0.250. The molecule has 1 aromatic carbocycles. The first-order valence-electron chi connectivity index (χ1n) is 4.73. The first-order valence-corrected chi connectivity index (χ1v) is 4.73. The standard InChI is InChI=1S/C12H13FO2/c1-3-15-12(14)9(2)8-10-4-6-11(13)7-5-10/h4-7H,2-3,8H2,1H3. The minimum atomic E-state index is -0.401. The number of benzene rings is 1. The first-order chi connectivity index (χ1) is 7.13. The maximum atomic E-state index is 12.6. The Balaban J connectivity index is 2.58. The molecule has 0 atom stereocenters. The van der Waals surface area contributed by atoms with Crippen LogP contribution < -0.4 is 0 Å². The lowest BCUT2D eigenvalue weighted by atomic mass is 10.1. The highest BCUT2D eigenvalue weighted by Gasteiger charge is 2.08. The van der Waals surface area contributed by atoms with Crippen LogP contribution in [0.2, 0.25) is 0 Å². The van der Waals surface area contributed by atoms with Crippen molar-refractivity contribution in [2.45, 2.75) is 13.3 Å². The van der Waals surface area contributed by atoms with E-state index in [0.29, 0.717) is 18.6 Å². The van der Waals surface area contributed by atoms with Gasteiger partial charge in [0, 0.05) is 12.0 Å². The highest BCUT2D eigenvalue weighted by atomic mass is 19.1. The maximum absolute atomic E-state index is 12.6. The Morgan fingerprint density at radius 1 is 1.40 bits per heavy atom. The number of carbonyl (C=O) groups excluding carboxylic acids is 1. The molecule has 0 spiro atoms. The van der Waals surface area contributed by atoms with Gasteiger partial charge in [-0.05, 0) is 24.6 Å². The molecule has 0 aliphatic carbocycles. The molecule has 0 bridgehead atoms. The number of ether oxygens (including phenoxy) is 1. The number of halogens is 1. The van der Waals surface area contributed by atoms with Gasteiger partial charge in [0.1, 0.15) is 5.82 Å². The Labute approximate surface area is 88.4 Å². The van der Waals surface area contributed by atoms with Crippen LogP contribution in [0.1, 0.15) is 12.5 Å². The zero-order valence-electron chi connectivity index (χ0n) is 8.63. The van der Waals surface area contributed by atoms with Crippen LogP contribution in [0.5, 0.6) is 0 Å². The molecule has 0 aliphatic rings. The second-order valence-corrected chi connectivity index (χ2v) is 3.13. The molecule has 0 saturated carbocycles. The Kier molecular flexibility index (Phi) is 4.03. The minimum Gasteiger partial charge on any atom is -0.463 e. The molecule has 1 aromatic rings. The summed E-state index contributed by atoms with van der Waals surface area (Å²) in [4.78, 5) is 11.2. The largest absolute Gasteiger partial charge is 0.463 e. The van der Waals surface area contributed by atoms with E-state index in [-0.39, 0.29) is 5.82 Å². The van der Waals surface area contributed by atoms with E-state index in [0.717, 1.165) is 5.56 Å². The summed E-state index contributed by atoms with van der Waals surface area (Å²) < 4.78 is 17.4. The van der Waals surface area contributed by atoms with Crippen molar-refractivity contribution in [3.05, 3.63) is 47.8 Å². The molecule has 80 valence electrons. The van der Waals surface area contributed by atoms with E-state index in [1.54, 1.807) is 19.1 Å². The first kappa shape index (κ1) is 11.4. The van der Waals surface area contributed by atoms with E-state index in [2.05, 4.69) is 6.58 Å². The van der Waals surface area contributed by atoms with Crippen LogP contribution in [-0.2, 0) is 16.0 Å². The zero-order valence-corrected chi connectivity index (χ0v) is 8.63. The monoisotopic (exact) mass is 208 g/mol. The molecule has 0 amide bonds. The van der Waals surface area contributed by atoms with E-state index in [9.17, 15) is 9.18 Å². The van der Waals surface area contributed by atoms with Crippen LogP contribution in [0.15, 0.2) is 36.4 Å². The molecule has 0 saturated heterocycles. The average molecular weight is 208 g/mol. The highest BCUT2D eigenvalue weighted by Crippen LogP contribution is 2.09. The van der Waals surface area contributed by atoms with Crippen molar-refractivity contribution >= 4 is 5.97 Å². The summed E-state index contributed by atoms with van der Waals surface area (Å²) in [6.07, 6.45) is 0.388. The van der Waals surface area contributed by atoms with Crippen molar-refractivity contribution < 1.29 is 13.9 Å². The van der Waals surface area contributed by atoms with Crippen molar-refractivity contribution in [3.63, 3.8) is 0 Å². The van der Waals surface area contributed by atoms with E-state index in [4.69, 9.17) is 4.74 Å². The fourth-order valence-electron chi connectivity index (χ4n) is 1.15. The summed E-state index contributed by atoms with van der Waals surface area (Å²) in [6, 6.07) is 5.96. The van der Waals surface area contributed by atoms with Gasteiger partial charge in [0.15, 0.2) is 0 Å². The Morgan fingerprint density at radius 3 is 2.53 bits per heavy atom. The molecular weight excluding hydrogens is 195 g/mol. The van der Waals surface area contributed by atoms with Gasteiger partial charge in [-0.15, -0.1) is 0 Å². The molecule has 2 nitrogen and oxygen atoms in total. The van der Waals surface area contributed by atoms with E-state index < -0.39 is 5.97 Å². The van der Waals surface area contributed by atoms with Crippen molar-refractivity contribution in [1.29, 1.82) is 0 Å². The van der Waals surface area contributed by atoms with E-state index in [1.807, 2.05) is 0 Å². The molecular formula is C12H13FO2. The van der Waals surface area contributed by atoms with Crippen LogP contribution in [0.3, 0.4) is 0 Å². The summed E-state index contributed by atoms with van der Waals surface area (Å²) in [5.74, 6) is -0.692. The molecule has 0 aliphatic heterocycles. The van der Waals surface area contributed by atoms with Gasteiger partial charge in [0.25, 0.3) is 0 Å². The van der Waals surface area contributed by atoms with Crippen LogP contribution >= 0.6 is 0 Å². The van der Waals surface area contributed by atoms with Crippen molar-refractivity contribution in [2.75, 3.05) is 6.61 Å². The smallest absolute Gasteiger partial charge is 0.333 e. The Morgan fingerprint density at radius 2 is 2.00 bits per heavy atom. The Bertz CT molecular complexity index is 354. The number of carbonyl (C=O) groups is 1. The van der Waals surface area contributed by atoms with Gasteiger partial charge in [-0.3, -0.25) is 0 Å². The molecule has 0 fully saturated rings. The fourth-order valence-corrected chi connectivity index (χ4v) is 1.15. The molecule has 1 rings (SSSR count). The van der Waals surface area contributed by atoms with Gasteiger partial charge in [0.05, 0.1) is 6.61 Å². The van der Waals surface area contributed by atoms with E-state index >= 15 is 0 Å². The summed E-state index contributed by atoms with van der Waals surface area (Å²) in [5.41, 5.74) is 1.22. The van der Waals surface area contributed by atoms with Gasteiger partial charge in [-0.2, -0.15) is 0 Å². The molecule has 0 N–H and O–H groups in total. The summed E-state index contributed by atoms with van der Waals surface area (Å²) in [7, 11) is 0. The molecule has 0 heterocycles. The van der Waals surface area contributed by atoms with Gasteiger partial charge < -0.3 is 4.74 Å². The van der Waals surface area contributed by atoms with Crippen LogP contribution in [0.25, 0.3) is 0 Å². The van der Waals surface area contributed by atoms with Crippen LogP contribution in [-0.4, -0.2) is 12.6 Å². The van der Waals surface area contributed by atoms with Gasteiger partial charge in [-0.1, -0.05) is 18.7 Å². The zero-order chi connectivity index (χ0) is 11.3. The normalized spacial score (nSPS) is 9.73. The molecule has 0 unspecified atom stereocenters. The third-order valence-corrected chi connectivity index (χ3v) is 1.89. The van der Waals surface area contributed by atoms with Crippen molar-refractivity contribution in [2.24, 2.45) is 0 Å². The highest BCUT2D eigenvalue weighted by molar-refractivity contribution is 5.88. The van der Waals surface area contributed by atoms with E-state index in [1.165, 1.54) is 12.1 Å². The second-order valence-electron chi connectivity index (χ2n) is 3.13. The summed E-state index contributed by atoms with van der Waals surface area (Å²) >= 11 is 0. The predicted molar refractivity (Wildman–Crippen MR) is 55.9 cm³/mol. The molecule has 3 heteroatoms. The maximum Gasteiger partial charge on any atom is 0.333 e. The number of hydrogen-bond donors (Lipinski definition) is 0. The van der Waals surface area contributed by atoms with Crippen molar-refractivity contribution in [3.8, 4) is 0 Å². The van der Waals surface area contributed by atoms with Crippen molar-refractivity contribution in [1.82, 2.24) is 0 Å². The number of esters is 1. The third kappa shape index (κ3) is 3.54. The summed E-state index contributed by atoms with van der Waals surface area (Å²) in [5, 5.41) is 0. The number of rotatable bonds is 4. The SMILES string of the molecule is C=C(Cc1ccc(F)cc1)C(=O)OCC. The lowest BCUT2D eigenvalue weighted by molar-refractivity contribution is -0.138. The predicted octanol–water partition coefficient (Wildman–Crippen LogP) is 2.49. The topological polar surface area (TPSA) is 26.3 Å². The second kappa shape index (κ2) is 5.29. The molecule has 15 heavy (non-hydrogen) atoms. The average Bonchev–Trinajstić information content (AvgIpc) is 2.22. The van der Waals surface area contributed by atoms with Gasteiger partial charge >= 0.3 is 5.97 Å². The summed E-state index contributed by atoms with van der Waals surface area (Å²) in [6.45, 7) is 5.70. The van der Waals surface area contributed by atoms with Crippen LogP contribution in [0.4, 0.5) is 4.39 Å². The van der Waals surface area contributed by atoms with Gasteiger partial charge in [-0.25, -0.2) is 9.18 Å².